The fourth-order valence-corrected chi connectivity index (χ4v) is 3.51. The predicted molar refractivity (Wildman–Crippen MR) is 100 cm³/mol. The molecule has 30 heavy (non-hydrogen) atoms. The molecule has 4 rings (SSSR count). The molecule has 0 bridgehead atoms. The molecule has 1 aromatic carbocycles. The Morgan fingerprint density at radius 2 is 1.97 bits per heavy atom. The number of hydrogen-bond acceptors (Lipinski definition) is 7. The predicted octanol–water partition coefficient (Wildman–Crippen LogP) is -0.0190. The van der Waals surface area contributed by atoms with Crippen molar-refractivity contribution in [2.75, 3.05) is 5.32 Å². The number of piperidine rings is 1. The second kappa shape index (κ2) is 7.43. The lowest BCUT2D eigenvalue weighted by Crippen LogP contribution is -2.54. The van der Waals surface area contributed by atoms with E-state index in [1.807, 2.05) is 0 Å². The quantitative estimate of drug-likeness (QED) is 0.561. The molecule has 1 fully saturated rings. The molecule has 1 unspecified atom stereocenters. The summed E-state index contributed by atoms with van der Waals surface area (Å²) < 4.78 is 1.43. The average Bonchev–Trinajstić information content (AvgIpc) is 3.23. The van der Waals surface area contributed by atoms with Crippen molar-refractivity contribution < 1.29 is 29.1 Å². The molecule has 0 aliphatic carbocycles. The maximum absolute atomic E-state index is 12.8. The molecule has 2 aromatic rings. The van der Waals surface area contributed by atoms with Gasteiger partial charge in [-0.05, 0) is 24.6 Å². The van der Waals surface area contributed by atoms with Crippen LogP contribution in [0.5, 0.6) is 0 Å². The Bertz CT molecular complexity index is 1090. The summed E-state index contributed by atoms with van der Waals surface area (Å²) in [5.41, 5.74) is 1.53. The molecule has 2 aliphatic rings. The topological polar surface area (TPSA) is 151 Å². The minimum absolute atomic E-state index is 0.0607. The molecule has 2 aliphatic heterocycles. The maximum atomic E-state index is 12.8. The smallest absolute Gasteiger partial charge is 0.323 e. The zero-order valence-electron chi connectivity index (χ0n) is 15.6. The Balaban J connectivity index is 1.48. The zero-order valence-corrected chi connectivity index (χ0v) is 15.6. The molecule has 4 amide bonds. The number of benzene rings is 1. The van der Waals surface area contributed by atoms with Gasteiger partial charge in [0.25, 0.3) is 11.8 Å². The summed E-state index contributed by atoms with van der Waals surface area (Å²) in [5, 5.41) is 14.0. The lowest BCUT2D eigenvalue weighted by Gasteiger charge is -2.27. The molecule has 3 N–H and O–H groups in total. The van der Waals surface area contributed by atoms with Crippen LogP contribution in [-0.4, -0.2) is 55.2 Å². The average molecular weight is 411 g/mol. The van der Waals surface area contributed by atoms with Gasteiger partial charge in [0.05, 0.1) is 29.7 Å². The van der Waals surface area contributed by atoms with Gasteiger partial charge in [-0.3, -0.25) is 34.2 Å². The molecule has 11 heteroatoms. The Morgan fingerprint density at radius 3 is 2.70 bits per heavy atom. The number of amides is 4. The number of carbonyl (C=O) groups is 5. The number of carboxylic acid groups (broad SMARTS) is 1. The minimum Gasteiger partial charge on any atom is -0.480 e. The van der Waals surface area contributed by atoms with Crippen molar-refractivity contribution in [1.29, 1.82) is 0 Å². The third-order valence-electron chi connectivity index (χ3n) is 4.92. The highest BCUT2D eigenvalue weighted by molar-refractivity contribution is 6.23. The van der Waals surface area contributed by atoms with E-state index in [0.717, 1.165) is 4.90 Å². The summed E-state index contributed by atoms with van der Waals surface area (Å²) in [6, 6.07) is 3.65. The van der Waals surface area contributed by atoms with Gasteiger partial charge in [0.15, 0.2) is 0 Å². The van der Waals surface area contributed by atoms with Crippen molar-refractivity contribution in [2.45, 2.75) is 32.0 Å². The molecule has 154 valence electrons. The number of fused-ring (bicyclic) bond motifs is 1. The van der Waals surface area contributed by atoms with E-state index >= 15 is 0 Å². The lowest BCUT2D eigenvalue weighted by atomic mass is 10.0. The Morgan fingerprint density at radius 1 is 1.20 bits per heavy atom. The lowest BCUT2D eigenvalue weighted by molar-refractivity contribution is -0.138. The van der Waals surface area contributed by atoms with Gasteiger partial charge in [0.2, 0.25) is 11.8 Å². The van der Waals surface area contributed by atoms with E-state index in [9.17, 15) is 24.0 Å². The number of anilines is 1. The number of imide groups is 2. The highest BCUT2D eigenvalue weighted by atomic mass is 16.4. The fraction of sp³-hybridized carbons (Fsp3) is 0.263. The first kappa shape index (κ1) is 19.3. The molecule has 3 heterocycles. The fourth-order valence-electron chi connectivity index (χ4n) is 3.51. The van der Waals surface area contributed by atoms with Crippen molar-refractivity contribution in [3.8, 4) is 0 Å². The van der Waals surface area contributed by atoms with Crippen LogP contribution in [-0.2, 0) is 27.5 Å². The molecule has 11 nitrogen and oxygen atoms in total. The van der Waals surface area contributed by atoms with Crippen LogP contribution in [0.4, 0.5) is 5.69 Å². The molecular weight excluding hydrogens is 394 g/mol. The van der Waals surface area contributed by atoms with Crippen LogP contribution in [0.3, 0.4) is 0 Å². The van der Waals surface area contributed by atoms with Crippen LogP contribution in [0.25, 0.3) is 0 Å². The number of aromatic nitrogens is 2. The normalized spacial score (nSPS) is 18.4. The zero-order chi connectivity index (χ0) is 21.4. The highest BCUT2D eigenvalue weighted by Gasteiger charge is 2.44. The van der Waals surface area contributed by atoms with Crippen LogP contribution in [0, 0.1) is 0 Å². The Labute approximate surface area is 169 Å². The minimum atomic E-state index is -1.01. The first-order chi connectivity index (χ1) is 14.3. The highest BCUT2D eigenvalue weighted by Crippen LogP contribution is 2.29. The van der Waals surface area contributed by atoms with Crippen LogP contribution in [0.15, 0.2) is 30.7 Å². The Kier molecular flexibility index (Phi) is 4.78. The van der Waals surface area contributed by atoms with Gasteiger partial charge in [-0.2, -0.15) is 0 Å². The van der Waals surface area contributed by atoms with Crippen LogP contribution in [0.1, 0.15) is 39.3 Å². The van der Waals surface area contributed by atoms with Crippen molar-refractivity contribution >= 4 is 35.3 Å². The second-order valence-corrected chi connectivity index (χ2v) is 6.99. The number of hydrogen-bond donors (Lipinski definition) is 3. The standard InChI is InChI=1S/C19H17N5O6/c25-15-4-3-14(17(28)22-15)24-18(29)12-2-1-10(5-13(12)19(24)30)20-6-11-7-23(9-21-11)8-16(26)27/h1-2,5,7,9,14,20H,3-4,6,8H2,(H,26,27)(H,22,25,28). The van der Waals surface area contributed by atoms with Crippen molar-refractivity contribution in [2.24, 2.45) is 0 Å². The third kappa shape index (κ3) is 3.52. The van der Waals surface area contributed by atoms with Crippen molar-refractivity contribution in [1.82, 2.24) is 19.8 Å². The number of carbonyl (C=O) groups excluding carboxylic acids is 4. The van der Waals surface area contributed by atoms with Gasteiger partial charge < -0.3 is 15.0 Å². The summed E-state index contributed by atoms with van der Waals surface area (Å²) in [6.07, 6.45) is 3.16. The van der Waals surface area contributed by atoms with E-state index < -0.39 is 35.6 Å². The van der Waals surface area contributed by atoms with Crippen molar-refractivity contribution in [3.05, 3.63) is 47.5 Å². The number of rotatable bonds is 6. The number of aliphatic carboxylic acids is 1. The second-order valence-electron chi connectivity index (χ2n) is 6.99. The Hall–Kier alpha value is -4.02. The summed E-state index contributed by atoms with van der Waals surface area (Å²) in [5.74, 6) is -3.21. The summed E-state index contributed by atoms with van der Waals surface area (Å²) >= 11 is 0. The van der Waals surface area contributed by atoms with E-state index in [1.165, 1.54) is 23.0 Å². The van der Waals surface area contributed by atoms with Gasteiger partial charge in [-0.15, -0.1) is 0 Å². The summed E-state index contributed by atoms with van der Waals surface area (Å²) in [4.78, 5) is 64.7. The van der Waals surface area contributed by atoms with Crippen LogP contribution >= 0.6 is 0 Å². The monoisotopic (exact) mass is 411 g/mol. The van der Waals surface area contributed by atoms with E-state index in [2.05, 4.69) is 15.6 Å². The molecule has 1 saturated heterocycles. The maximum Gasteiger partial charge on any atom is 0.323 e. The van der Waals surface area contributed by atoms with Gasteiger partial charge in [0, 0.05) is 18.3 Å². The molecular formula is C19H17N5O6. The van der Waals surface area contributed by atoms with Crippen molar-refractivity contribution in [3.63, 3.8) is 0 Å². The first-order valence-electron chi connectivity index (χ1n) is 9.15. The number of nitrogens with one attached hydrogen (secondary N) is 2. The van der Waals surface area contributed by atoms with E-state index in [1.54, 1.807) is 12.3 Å². The molecule has 1 atom stereocenters. The van der Waals surface area contributed by atoms with Crippen LogP contribution < -0.4 is 10.6 Å². The number of imidazole rings is 1. The number of nitrogens with zero attached hydrogens (tertiary/aromatic N) is 3. The van der Waals surface area contributed by atoms with E-state index in [4.69, 9.17) is 5.11 Å². The number of carboxylic acids is 1. The van der Waals surface area contributed by atoms with E-state index in [-0.39, 0.29) is 37.1 Å². The van der Waals surface area contributed by atoms with Gasteiger partial charge in [-0.1, -0.05) is 0 Å². The first-order valence-corrected chi connectivity index (χ1v) is 9.15. The molecule has 0 radical (unpaired) electrons. The largest absolute Gasteiger partial charge is 0.480 e. The van der Waals surface area contributed by atoms with Gasteiger partial charge >= 0.3 is 5.97 Å². The summed E-state index contributed by atoms with van der Waals surface area (Å²) in [7, 11) is 0. The van der Waals surface area contributed by atoms with E-state index in [0.29, 0.717) is 11.4 Å². The SMILES string of the molecule is O=C(O)Cn1cnc(CNc2ccc3c(c2)C(=O)N(C2CCC(=O)NC2=O)C3=O)c1. The van der Waals surface area contributed by atoms with Crippen LogP contribution in [0.2, 0.25) is 0 Å². The third-order valence-corrected chi connectivity index (χ3v) is 4.92. The molecule has 1 aromatic heterocycles. The molecule has 0 saturated carbocycles. The van der Waals surface area contributed by atoms with Gasteiger partial charge in [-0.25, -0.2) is 4.98 Å². The summed E-state index contributed by atoms with van der Waals surface area (Å²) in [6.45, 7) is 0.0863. The van der Waals surface area contributed by atoms with Gasteiger partial charge in [0.1, 0.15) is 12.6 Å². The molecule has 0 spiro atoms.